The quantitative estimate of drug-likeness (QED) is 0.562. The van der Waals surface area contributed by atoms with Crippen LogP contribution in [0.3, 0.4) is 0 Å². The fourth-order valence-corrected chi connectivity index (χ4v) is 3.61. The van der Waals surface area contributed by atoms with Gasteiger partial charge in [-0.25, -0.2) is 8.42 Å². The van der Waals surface area contributed by atoms with Crippen LogP contribution in [0.4, 0.5) is 39.5 Å². The fraction of sp³-hybridized carbons (Fsp3) is 0.444. The van der Waals surface area contributed by atoms with E-state index in [9.17, 15) is 52.5 Å². The maximum absolute atomic E-state index is 13.4. The topological polar surface area (TPSA) is 82.1 Å². The molecular weight excluding hydrogens is 419 g/mol. The standard InChI is InChI=1S/C9H5F9N2O3S2/c10-6(11,8(14,15)16)7(12,13)9(17,18)25(22,23)20-24(21)5-2-1-3-19-4-5/h1-4,20H. The van der Waals surface area contributed by atoms with Crippen molar-refractivity contribution >= 4 is 21.4 Å². The summed E-state index contributed by atoms with van der Waals surface area (Å²) < 4.78 is 148. The van der Waals surface area contributed by atoms with Gasteiger partial charge in [-0.05, 0) is 16.3 Å². The van der Waals surface area contributed by atoms with Crippen LogP contribution in [0.15, 0.2) is 29.4 Å². The lowest BCUT2D eigenvalue weighted by Crippen LogP contribution is -2.65. The average Bonchev–Trinajstić information content (AvgIpc) is 2.45. The summed E-state index contributed by atoms with van der Waals surface area (Å²) in [6.07, 6.45) is -5.49. The Morgan fingerprint density at radius 1 is 1.00 bits per heavy atom. The summed E-state index contributed by atoms with van der Waals surface area (Å²) in [5.74, 6) is -14.8. The van der Waals surface area contributed by atoms with Crippen LogP contribution in [0.25, 0.3) is 0 Å². The number of alkyl halides is 9. The van der Waals surface area contributed by atoms with E-state index in [1.807, 2.05) is 0 Å². The third-order valence-corrected chi connectivity index (χ3v) is 5.57. The zero-order valence-electron chi connectivity index (χ0n) is 11.2. The number of aromatic nitrogens is 1. The Morgan fingerprint density at radius 3 is 1.92 bits per heavy atom. The third-order valence-electron chi connectivity index (χ3n) is 2.49. The average molecular weight is 424 g/mol. The van der Waals surface area contributed by atoms with Gasteiger partial charge in [0.15, 0.2) is 4.90 Å². The molecule has 1 unspecified atom stereocenters. The lowest BCUT2D eigenvalue weighted by molar-refractivity contribution is -0.382. The molecule has 0 fully saturated rings. The van der Waals surface area contributed by atoms with E-state index in [1.165, 1.54) is 0 Å². The van der Waals surface area contributed by atoms with E-state index < -0.39 is 49.6 Å². The van der Waals surface area contributed by atoms with Gasteiger partial charge in [0.2, 0.25) is 0 Å². The van der Waals surface area contributed by atoms with Crippen molar-refractivity contribution in [2.45, 2.75) is 28.2 Å². The molecule has 144 valence electrons. The van der Waals surface area contributed by atoms with Crippen molar-refractivity contribution < 1.29 is 52.5 Å². The zero-order chi connectivity index (χ0) is 19.9. The van der Waals surface area contributed by atoms with Gasteiger partial charge in [-0.15, -0.1) is 0 Å². The molecule has 0 saturated heterocycles. The minimum Gasteiger partial charge on any atom is -0.592 e. The van der Waals surface area contributed by atoms with Gasteiger partial charge in [0.25, 0.3) is 0 Å². The molecule has 1 heterocycles. The Hall–Kier alpha value is -1.26. The number of hydrogen-bond acceptors (Lipinski definition) is 4. The maximum atomic E-state index is 13.4. The monoisotopic (exact) mass is 424 g/mol. The smallest absolute Gasteiger partial charge is 0.460 e. The van der Waals surface area contributed by atoms with Gasteiger partial charge in [0.1, 0.15) is 0 Å². The van der Waals surface area contributed by atoms with Gasteiger partial charge in [-0.1, -0.05) is 0 Å². The van der Waals surface area contributed by atoms with Crippen molar-refractivity contribution in [3.05, 3.63) is 24.5 Å². The number of rotatable bonds is 6. The second-order valence-corrected chi connectivity index (χ2v) is 7.40. The molecule has 0 aliphatic carbocycles. The number of nitrogens with one attached hydrogen (secondary N) is 1. The Balaban J connectivity index is 3.26. The molecule has 0 aromatic carbocycles. The molecule has 1 atom stereocenters. The van der Waals surface area contributed by atoms with E-state index in [0.29, 0.717) is 10.3 Å². The molecule has 5 nitrogen and oxygen atoms in total. The number of halogens is 9. The fourth-order valence-electron chi connectivity index (χ4n) is 1.19. The van der Waals surface area contributed by atoms with Crippen LogP contribution in [0.5, 0.6) is 0 Å². The van der Waals surface area contributed by atoms with E-state index in [0.717, 1.165) is 18.3 Å². The Kier molecular flexibility index (Phi) is 5.64. The van der Waals surface area contributed by atoms with E-state index in [2.05, 4.69) is 4.98 Å². The van der Waals surface area contributed by atoms with Gasteiger partial charge in [0.05, 0.1) is 17.6 Å². The van der Waals surface area contributed by atoms with Gasteiger partial charge >= 0.3 is 33.3 Å². The summed E-state index contributed by atoms with van der Waals surface area (Å²) in [7, 11) is -6.95. The normalized spacial score (nSPS) is 15.9. The molecule has 16 heteroatoms. The van der Waals surface area contributed by atoms with E-state index in [4.69, 9.17) is 0 Å². The summed E-state index contributed by atoms with van der Waals surface area (Å²) in [4.78, 5) is 2.63. The summed E-state index contributed by atoms with van der Waals surface area (Å²) in [5.41, 5.74) is 0. The first-order valence-electron chi connectivity index (χ1n) is 5.53. The Bertz CT molecular complexity index is 709. The van der Waals surface area contributed by atoms with E-state index >= 15 is 0 Å². The van der Waals surface area contributed by atoms with Crippen molar-refractivity contribution in [1.82, 2.24) is 9.11 Å². The highest BCUT2D eigenvalue weighted by molar-refractivity contribution is 8.05. The molecule has 1 aromatic heterocycles. The summed E-state index contributed by atoms with van der Waals surface area (Å²) >= 11 is -3.22. The molecule has 25 heavy (non-hydrogen) atoms. The molecule has 1 N–H and O–H groups in total. The maximum Gasteiger partial charge on any atom is 0.460 e. The summed E-state index contributed by atoms with van der Waals surface area (Å²) in [6.45, 7) is 0. The first-order chi connectivity index (χ1) is 11.0. The molecule has 1 rings (SSSR count). The van der Waals surface area contributed by atoms with E-state index in [1.54, 1.807) is 0 Å². The number of hydrogen-bond donors (Lipinski definition) is 1. The largest absolute Gasteiger partial charge is 0.592 e. The molecular formula is C9H5F9N2O3S2. The van der Waals surface area contributed by atoms with Crippen LogP contribution in [0, 0.1) is 0 Å². The lowest BCUT2D eigenvalue weighted by atomic mass is 10.1. The number of sulfonamides is 1. The van der Waals surface area contributed by atoms with Crippen molar-refractivity contribution in [2.75, 3.05) is 0 Å². The highest BCUT2D eigenvalue weighted by atomic mass is 32.3. The minimum absolute atomic E-state index is 0.416. The molecule has 0 saturated carbocycles. The number of nitrogens with zero attached hydrogens (tertiary/aromatic N) is 1. The van der Waals surface area contributed by atoms with Crippen LogP contribution in [0.2, 0.25) is 0 Å². The molecule has 0 aliphatic rings. The Morgan fingerprint density at radius 2 is 1.52 bits per heavy atom. The van der Waals surface area contributed by atoms with Crippen molar-refractivity contribution in [1.29, 1.82) is 0 Å². The zero-order valence-corrected chi connectivity index (χ0v) is 12.8. The SMILES string of the molecule is O=S(=O)(N[S+]([O-])c1cccnc1)C(F)(F)C(F)(F)C(F)(F)C(F)(F)F. The summed E-state index contributed by atoms with van der Waals surface area (Å²) in [5, 5.41) is -6.96. The molecule has 0 bridgehead atoms. The number of pyridine rings is 1. The van der Waals surface area contributed by atoms with Crippen LogP contribution in [0.1, 0.15) is 0 Å². The van der Waals surface area contributed by atoms with Crippen LogP contribution in [-0.4, -0.2) is 41.2 Å². The highest BCUT2D eigenvalue weighted by Gasteiger charge is 2.85. The van der Waals surface area contributed by atoms with Crippen LogP contribution >= 0.6 is 0 Å². The predicted octanol–water partition coefficient (Wildman–Crippen LogP) is 2.45. The minimum atomic E-state index is -7.40. The first-order valence-corrected chi connectivity index (χ1v) is 8.16. The van der Waals surface area contributed by atoms with Crippen molar-refractivity contribution in [3.8, 4) is 0 Å². The summed E-state index contributed by atoms with van der Waals surface area (Å²) in [6, 6.07) is 1.85. The highest BCUT2D eigenvalue weighted by Crippen LogP contribution is 2.54. The van der Waals surface area contributed by atoms with Crippen LogP contribution in [-0.2, 0) is 21.4 Å². The Labute approximate surface area is 136 Å². The van der Waals surface area contributed by atoms with Gasteiger partial charge < -0.3 is 4.55 Å². The molecule has 0 aliphatic heterocycles. The lowest BCUT2D eigenvalue weighted by Gasteiger charge is -2.32. The van der Waals surface area contributed by atoms with Gasteiger partial charge in [0, 0.05) is 6.20 Å². The van der Waals surface area contributed by atoms with Crippen molar-refractivity contribution in [2.24, 2.45) is 0 Å². The molecule has 1 aromatic rings. The predicted molar refractivity (Wildman–Crippen MR) is 63.6 cm³/mol. The second kappa shape index (κ2) is 6.48. The van der Waals surface area contributed by atoms with Gasteiger partial charge in [-0.3, -0.25) is 4.98 Å². The van der Waals surface area contributed by atoms with Crippen molar-refractivity contribution in [3.63, 3.8) is 0 Å². The molecule has 0 amide bonds. The molecule has 0 radical (unpaired) electrons. The third kappa shape index (κ3) is 3.65. The van der Waals surface area contributed by atoms with Gasteiger partial charge in [-0.2, -0.15) is 39.5 Å². The van der Waals surface area contributed by atoms with E-state index in [-0.39, 0.29) is 0 Å². The first kappa shape index (κ1) is 21.8. The molecule has 0 spiro atoms. The van der Waals surface area contributed by atoms with Crippen LogP contribution < -0.4 is 4.13 Å². The second-order valence-electron chi connectivity index (χ2n) is 4.21.